The Labute approximate surface area is 254 Å². The number of nitrogens with one attached hydrogen (secondary N) is 3. The van der Waals surface area contributed by atoms with Crippen molar-refractivity contribution in [3.63, 3.8) is 0 Å². The number of rotatable bonds is 12. The molecule has 11 heteroatoms. The van der Waals surface area contributed by atoms with E-state index < -0.39 is 6.04 Å². The van der Waals surface area contributed by atoms with Gasteiger partial charge in [-0.05, 0) is 72.4 Å². The van der Waals surface area contributed by atoms with Crippen LogP contribution in [0.2, 0.25) is 0 Å². The van der Waals surface area contributed by atoms with Crippen LogP contribution in [-0.4, -0.2) is 55.0 Å². The fourth-order valence-electron chi connectivity index (χ4n) is 5.80. The summed E-state index contributed by atoms with van der Waals surface area (Å²) in [5, 5.41) is 18.3. The number of nitrogens with zero attached hydrogens (tertiary/aromatic N) is 4. The van der Waals surface area contributed by atoms with Gasteiger partial charge < -0.3 is 16.0 Å². The molecule has 2 saturated heterocycles. The van der Waals surface area contributed by atoms with Crippen LogP contribution in [0.5, 0.6) is 0 Å². The van der Waals surface area contributed by atoms with E-state index in [1.54, 1.807) is 35.3 Å². The van der Waals surface area contributed by atoms with Gasteiger partial charge in [-0.1, -0.05) is 42.3 Å². The Balaban J connectivity index is 1.07. The molecule has 9 nitrogen and oxygen atoms in total. The van der Waals surface area contributed by atoms with E-state index in [0.717, 1.165) is 60.2 Å². The van der Waals surface area contributed by atoms with Crippen molar-refractivity contribution in [3.05, 3.63) is 113 Å². The lowest BCUT2D eigenvalue weighted by Gasteiger charge is -2.18. The minimum absolute atomic E-state index is 0.0432. The maximum Gasteiger partial charge on any atom is 0.315 e. The van der Waals surface area contributed by atoms with Crippen LogP contribution in [0.1, 0.15) is 64.5 Å². The highest BCUT2D eigenvalue weighted by molar-refractivity contribution is 8.00. The first kappa shape index (κ1) is 28.9. The molecule has 2 fully saturated rings. The highest BCUT2D eigenvalue weighted by Crippen LogP contribution is 2.33. The van der Waals surface area contributed by atoms with Gasteiger partial charge >= 0.3 is 6.03 Å². The third kappa shape index (κ3) is 7.05. The fraction of sp³-hybridized carbons (Fsp3) is 0.344. The normalized spacial score (nSPS) is 19.8. The van der Waals surface area contributed by atoms with Crippen LogP contribution in [0.3, 0.4) is 0 Å². The van der Waals surface area contributed by atoms with E-state index in [4.69, 9.17) is 0 Å². The highest BCUT2D eigenvalue weighted by atomic mass is 32.2. The SMILES string of the molecule is O=C1N[C@H]2[C@H](CS[C@H]2CCCCCc2cn(C(c3ccc(C(=O)NCc4ccncc4)cc3)c3cccc(F)c3)nn2)N1. The average Bonchev–Trinajstić information content (AvgIpc) is 3.74. The van der Waals surface area contributed by atoms with Gasteiger partial charge in [0.05, 0.1) is 17.8 Å². The first-order valence-electron chi connectivity index (χ1n) is 14.7. The van der Waals surface area contributed by atoms with Crippen LogP contribution < -0.4 is 16.0 Å². The second kappa shape index (κ2) is 13.4. The Morgan fingerprint density at radius 3 is 2.70 bits per heavy atom. The molecule has 2 aromatic heterocycles. The zero-order chi connectivity index (χ0) is 29.6. The third-order valence-corrected chi connectivity index (χ3v) is 9.55. The number of carbonyl (C=O) groups excluding carboxylic acids is 2. The van der Waals surface area contributed by atoms with E-state index in [2.05, 4.69) is 31.2 Å². The van der Waals surface area contributed by atoms with Crippen LogP contribution in [0.15, 0.2) is 79.3 Å². The predicted molar refractivity (Wildman–Crippen MR) is 163 cm³/mol. The standard InChI is InChI=1S/C32H34FN7O2S/c33-25-6-4-5-24(17-25)30(22-9-11-23(12-10-22)31(41)35-18-21-13-15-34-16-14-21)40-19-26(38-39-40)7-2-1-3-8-28-29-27(20-43-28)36-32(42)37-29/h4-6,9-17,19,27-30H,1-3,7-8,18,20H2,(H,35,41)(H2,36,37,42)/t27-,28-,29-,30?/m0/s1. The molecule has 0 spiro atoms. The van der Waals surface area contributed by atoms with Gasteiger partial charge in [0.15, 0.2) is 0 Å². The first-order chi connectivity index (χ1) is 21.0. The molecule has 6 rings (SSSR count). The Bertz CT molecular complexity index is 1550. The number of unbranched alkanes of at least 4 members (excludes halogenated alkanes) is 2. The molecule has 0 bridgehead atoms. The number of aryl methyl sites for hydroxylation is 1. The van der Waals surface area contributed by atoms with Gasteiger partial charge in [-0.15, -0.1) is 5.10 Å². The fourth-order valence-corrected chi connectivity index (χ4v) is 7.35. The molecule has 1 unspecified atom stereocenters. The Hall–Kier alpha value is -4.25. The van der Waals surface area contributed by atoms with E-state index in [1.165, 1.54) is 12.1 Å². The second-order valence-electron chi connectivity index (χ2n) is 11.0. The molecular formula is C32H34FN7O2S. The lowest BCUT2D eigenvalue weighted by molar-refractivity contribution is 0.0951. The summed E-state index contributed by atoms with van der Waals surface area (Å²) in [5.41, 5.74) is 4.00. The van der Waals surface area contributed by atoms with Gasteiger partial charge in [0.25, 0.3) is 5.91 Å². The Morgan fingerprint density at radius 1 is 1.05 bits per heavy atom. The number of urea groups is 1. The van der Waals surface area contributed by atoms with Crippen molar-refractivity contribution in [1.82, 2.24) is 35.9 Å². The van der Waals surface area contributed by atoms with E-state index in [9.17, 15) is 14.0 Å². The minimum atomic E-state index is -0.395. The summed E-state index contributed by atoms with van der Waals surface area (Å²) in [5.74, 6) is 0.478. The zero-order valence-electron chi connectivity index (χ0n) is 23.7. The molecule has 4 aromatic rings. The predicted octanol–water partition coefficient (Wildman–Crippen LogP) is 4.65. The summed E-state index contributed by atoms with van der Waals surface area (Å²) >= 11 is 1.94. The van der Waals surface area contributed by atoms with Crippen molar-refractivity contribution in [3.8, 4) is 0 Å². The Morgan fingerprint density at radius 2 is 1.88 bits per heavy atom. The number of amides is 3. The third-order valence-electron chi connectivity index (χ3n) is 8.04. The van der Waals surface area contributed by atoms with Crippen molar-refractivity contribution in [2.45, 2.75) is 62.0 Å². The molecule has 43 heavy (non-hydrogen) atoms. The molecule has 222 valence electrons. The zero-order valence-corrected chi connectivity index (χ0v) is 24.5. The first-order valence-corrected chi connectivity index (χ1v) is 15.7. The summed E-state index contributed by atoms with van der Waals surface area (Å²) in [6.45, 7) is 0.410. The number of pyridine rings is 1. The number of benzene rings is 2. The lowest BCUT2D eigenvalue weighted by Crippen LogP contribution is -2.36. The average molecular weight is 600 g/mol. The highest BCUT2D eigenvalue weighted by Gasteiger charge is 2.42. The summed E-state index contributed by atoms with van der Waals surface area (Å²) < 4.78 is 16.0. The monoisotopic (exact) mass is 599 g/mol. The van der Waals surface area contributed by atoms with E-state index in [-0.39, 0.29) is 29.8 Å². The van der Waals surface area contributed by atoms with Crippen molar-refractivity contribution in [2.75, 3.05) is 5.75 Å². The molecule has 3 N–H and O–H groups in total. The molecule has 2 aliphatic rings. The van der Waals surface area contributed by atoms with Gasteiger partial charge in [-0.25, -0.2) is 13.9 Å². The van der Waals surface area contributed by atoms with E-state index in [1.807, 2.05) is 48.3 Å². The van der Waals surface area contributed by atoms with Gasteiger partial charge in [0.1, 0.15) is 11.9 Å². The van der Waals surface area contributed by atoms with Crippen LogP contribution in [0.4, 0.5) is 9.18 Å². The number of hydrogen-bond donors (Lipinski definition) is 3. The molecule has 2 aromatic carbocycles. The number of carbonyl (C=O) groups is 2. The van der Waals surface area contributed by atoms with E-state index >= 15 is 0 Å². The quantitative estimate of drug-likeness (QED) is 0.161. The number of thioether (sulfide) groups is 1. The van der Waals surface area contributed by atoms with Crippen molar-refractivity contribution < 1.29 is 14.0 Å². The molecule has 4 heterocycles. The summed E-state index contributed by atoms with van der Waals surface area (Å²) in [6, 6.07) is 17.6. The topological polar surface area (TPSA) is 114 Å². The maximum absolute atomic E-state index is 14.3. The maximum atomic E-state index is 14.3. The van der Waals surface area contributed by atoms with Gasteiger partial charge in [-0.3, -0.25) is 9.78 Å². The number of aromatic nitrogens is 4. The van der Waals surface area contributed by atoms with Crippen molar-refractivity contribution in [1.29, 1.82) is 0 Å². The largest absolute Gasteiger partial charge is 0.348 e. The molecular weight excluding hydrogens is 565 g/mol. The van der Waals surface area contributed by atoms with E-state index in [0.29, 0.717) is 17.4 Å². The van der Waals surface area contributed by atoms with Gasteiger partial charge in [-0.2, -0.15) is 11.8 Å². The lowest BCUT2D eigenvalue weighted by atomic mass is 9.97. The molecule has 0 saturated carbocycles. The molecule has 2 aliphatic heterocycles. The number of fused-ring (bicyclic) bond motifs is 1. The summed E-state index contributed by atoms with van der Waals surface area (Å²) in [7, 11) is 0. The van der Waals surface area contributed by atoms with Gasteiger partial charge in [0, 0.05) is 41.7 Å². The Kier molecular flexibility index (Phi) is 8.97. The molecule has 0 aliphatic carbocycles. The van der Waals surface area contributed by atoms with Crippen LogP contribution in [-0.2, 0) is 13.0 Å². The summed E-state index contributed by atoms with van der Waals surface area (Å²) in [6.07, 6.45) is 10.4. The molecule has 3 amide bonds. The second-order valence-corrected chi connectivity index (χ2v) is 12.3. The van der Waals surface area contributed by atoms with Gasteiger partial charge in [0.2, 0.25) is 0 Å². The van der Waals surface area contributed by atoms with Crippen molar-refractivity contribution >= 4 is 23.7 Å². The van der Waals surface area contributed by atoms with Crippen molar-refractivity contribution in [2.24, 2.45) is 0 Å². The number of hydrogen-bond acceptors (Lipinski definition) is 6. The van der Waals surface area contributed by atoms with Crippen LogP contribution in [0, 0.1) is 5.82 Å². The minimum Gasteiger partial charge on any atom is -0.348 e. The smallest absolute Gasteiger partial charge is 0.315 e. The number of halogens is 1. The van der Waals surface area contributed by atoms with Crippen LogP contribution in [0.25, 0.3) is 0 Å². The summed E-state index contributed by atoms with van der Waals surface area (Å²) in [4.78, 5) is 28.4. The molecule has 4 atom stereocenters. The van der Waals surface area contributed by atoms with Crippen LogP contribution >= 0.6 is 11.8 Å². The molecule has 0 radical (unpaired) electrons.